The summed E-state index contributed by atoms with van der Waals surface area (Å²) in [6, 6.07) is 3.57. The molecule has 0 atom stereocenters. The normalized spacial score (nSPS) is 18.8. The third-order valence-electron chi connectivity index (χ3n) is 4.32. The number of likely N-dealkylation sites (tertiary alicyclic amines) is 1. The van der Waals surface area contributed by atoms with Crippen LogP contribution in [0.15, 0.2) is 18.2 Å². The molecule has 2 aliphatic rings. The molecule has 0 saturated carbocycles. The Balaban J connectivity index is 1.83. The molecule has 0 bridgehead atoms. The van der Waals surface area contributed by atoms with Crippen molar-refractivity contribution in [3.05, 3.63) is 23.8 Å². The second kappa shape index (κ2) is 6.88. The number of amides is 2. The van der Waals surface area contributed by atoms with Crippen molar-refractivity contribution in [2.24, 2.45) is 0 Å². The van der Waals surface area contributed by atoms with Gasteiger partial charge >= 0.3 is 12.2 Å². The van der Waals surface area contributed by atoms with Gasteiger partial charge in [-0.1, -0.05) is 0 Å². The number of hydrogen-bond acceptors (Lipinski definition) is 3. The van der Waals surface area contributed by atoms with Crippen LogP contribution >= 0.6 is 0 Å². The quantitative estimate of drug-likeness (QED) is 0.897. The van der Waals surface area contributed by atoms with E-state index in [0.29, 0.717) is 45.1 Å². The van der Waals surface area contributed by atoms with Gasteiger partial charge in [0.15, 0.2) is 0 Å². The van der Waals surface area contributed by atoms with Crippen molar-refractivity contribution in [1.82, 2.24) is 4.90 Å². The van der Waals surface area contributed by atoms with Gasteiger partial charge < -0.3 is 19.9 Å². The number of rotatable bonds is 2. The minimum Gasteiger partial charge on any atom is -0.378 e. The molecule has 0 unspecified atom stereocenters. The Morgan fingerprint density at radius 3 is 2.38 bits per heavy atom. The van der Waals surface area contributed by atoms with E-state index in [1.54, 1.807) is 6.07 Å². The molecule has 1 N–H and O–H groups in total. The molecule has 8 heteroatoms. The number of urea groups is 1. The van der Waals surface area contributed by atoms with E-state index in [2.05, 4.69) is 5.32 Å². The summed E-state index contributed by atoms with van der Waals surface area (Å²) in [5.74, 6) is 0. The molecule has 2 aliphatic heterocycles. The lowest BCUT2D eigenvalue weighted by molar-refractivity contribution is -0.136. The maximum atomic E-state index is 13.4. The average Bonchev–Trinajstić information content (AvgIpc) is 3.09. The average molecular weight is 343 g/mol. The third kappa shape index (κ3) is 3.75. The molecule has 132 valence electrons. The zero-order valence-corrected chi connectivity index (χ0v) is 13.2. The Labute approximate surface area is 138 Å². The molecule has 5 nitrogen and oxygen atoms in total. The lowest BCUT2D eigenvalue weighted by Crippen LogP contribution is -2.36. The van der Waals surface area contributed by atoms with Gasteiger partial charge in [0.05, 0.1) is 24.5 Å². The van der Waals surface area contributed by atoms with E-state index >= 15 is 0 Å². The van der Waals surface area contributed by atoms with E-state index < -0.39 is 17.8 Å². The van der Waals surface area contributed by atoms with E-state index in [1.807, 2.05) is 4.90 Å². The molecule has 0 aromatic heterocycles. The van der Waals surface area contributed by atoms with Gasteiger partial charge in [0.25, 0.3) is 0 Å². The molecule has 1 aromatic carbocycles. The number of anilines is 2. The summed E-state index contributed by atoms with van der Waals surface area (Å²) < 4.78 is 45.5. The number of benzene rings is 1. The number of hydrogen-bond donors (Lipinski definition) is 1. The van der Waals surface area contributed by atoms with Gasteiger partial charge in [0, 0.05) is 31.9 Å². The van der Waals surface area contributed by atoms with Crippen molar-refractivity contribution in [3.63, 3.8) is 0 Å². The summed E-state index contributed by atoms with van der Waals surface area (Å²) in [7, 11) is 0. The van der Waals surface area contributed by atoms with Crippen LogP contribution in [0.2, 0.25) is 0 Å². The molecule has 2 saturated heterocycles. The lowest BCUT2D eigenvalue weighted by Gasteiger charge is -2.30. The molecule has 2 heterocycles. The van der Waals surface area contributed by atoms with Crippen LogP contribution < -0.4 is 10.2 Å². The van der Waals surface area contributed by atoms with Gasteiger partial charge in [0.1, 0.15) is 0 Å². The molecule has 0 aliphatic carbocycles. The summed E-state index contributed by atoms with van der Waals surface area (Å²) in [4.78, 5) is 15.5. The Bertz CT molecular complexity index is 595. The van der Waals surface area contributed by atoms with Crippen molar-refractivity contribution in [3.8, 4) is 0 Å². The van der Waals surface area contributed by atoms with Gasteiger partial charge in [-0.2, -0.15) is 13.2 Å². The highest BCUT2D eigenvalue weighted by atomic mass is 19.4. The van der Waals surface area contributed by atoms with Crippen LogP contribution in [-0.4, -0.2) is 50.3 Å². The monoisotopic (exact) mass is 343 g/mol. The fraction of sp³-hybridized carbons (Fsp3) is 0.562. The number of carbonyl (C=O) groups excluding carboxylic acids is 1. The van der Waals surface area contributed by atoms with Crippen molar-refractivity contribution in [2.45, 2.75) is 19.0 Å². The Kier molecular flexibility index (Phi) is 4.84. The summed E-state index contributed by atoms with van der Waals surface area (Å²) in [6.07, 6.45) is -2.76. The number of alkyl halides is 3. The molecular weight excluding hydrogens is 323 g/mol. The number of carbonyl (C=O) groups is 1. The van der Waals surface area contributed by atoms with Gasteiger partial charge in [-0.25, -0.2) is 4.79 Å². The van der Waals surface area contributed by atoms with Crippen LogP contribution in [0, 0.1) is 0 Å². The first kappa shape index (κ1) is 16.9. The maximum Gasteiger partial charge on any atom is 0.418 e. The fourth-order valence-corrected chi connectivity index (χ4v) is 3.01. The van der Waals surface area contributed by atoms with E-state index in [1.165, 1.54) is 11.0 Å². The SMILES string of the molecule is O=C(Nc1ccc(N2CCOCC2)cc1C(F)(F)F)N1CCCC1. The largest absolute Gasteiger partial charge is 0.418 e. The fourth-order valence-electron chi connectivity index (χ4n) is 3.01. The Morgan fingerprint density at radius 2 is 1.75 bits per heavy atom. The molecular formula is C16H20F3N3O2. The zero-order chi connectivity index (χ0) is 17.2. The summed E-state index contributed by atoms with van der Waals surface area (Å²) in [5.41, 5.74) is -0.528. The first-order chi connectivity index (χ1) is 11.4. The molecule has 0 radical (unpaired) electrons. The van der Waals surface area contributed by atoms with E-state index in [4.69, 9.17) is 4.74 Å². The standard InChI is InChI=1S/C16H20F3N3O2/c17-16(18,19)13-11-12(21-7-9-24-10-8-21)3-4-14(13)20-15(23)22-5-1-2-6-22/h3-4,11H,1-2,5-10H2,(H,20,23). The van der Waals surface area contributed by atoms with Gasteiger partial charge in [-0.15, -0.1) is 0 Å². The van der Waals surface area contributed by atoms with Crippen LogP contribution in [0.25, 0.3) is 0 Å². The van der Waals surface area contributed by atoms with Crippen LogP contribution in [0.3, 0.4) is 0 Å². The van der Waals surface area contributed by atoms with Crippen molar-refractivity contribution in [2.75, 3.05) is 49.6 Å². The van der Waals surface area contributed by atoms with Crippen LogP contribution in [0.4, 0.5) is 29.3 Å². The molecule has 3 rings (SSSR count). The number of halogens is 3. The van der Waals surface area contributed by atoms with Crippen molar-refractivity contribution >= 4 is 17.4 Å². The van der Waals surface area contributed by atoms with Gasteiger partial charge in [-0.05, 0) is 31.0 Å². The molecule has 1 aromatic rings. The van der Waals surface area contributed by atoms with E-state index in [0.717, 1.165) is 18.9 Å². The van der Waals surface area contributed by atoms with Crippen LogP contribution in [0.1, 0.15) is 18.4 Å². The van der Waals surface area contributed by atoms with E-state index in [9.17, 15) is 18.0 Å². The van der Waals surface area contributed by atoms with Crippen molar-refractivity contribution in [1.29, 1.82) is 0 Å². The summed E-state index contributed by atoms with van der Waals surface area (Å²) in [5, 5.41) is 2.41. The smallest absolute Gasteiger partial charge is 0.378 e. The number of ether oxygens (including phenoxy) is 1. The van der Waals surface area contributed by atoms with Crippen LogP contribution in [0.5, 0.6) is 0 Å². The van der Waals surface area contributed by atoms with Gasteiger partial charge in [-0.3, -0.25) is 0 Å². The predicted molar refractivity (Wildman–Crippen MR) is 84.3 cm³/mol. The minimum atomic E-state index is -4.53. The number of nitrogens with zero attached hydrogens (tertiary/aromatic N) is 2. The highest BCUT2D eigenvalue weighted by molar-refractivity contribution is 5.90. The zero-order valence-electron chi connectivity index (χ0n) is 13.2. The summed E-state index contributed by atoms with van der Waals surface area (Å²) in [6.45, 7) is 3.26. The first-order valence-electron chi connectivity index (χ1n) is 8.05. The Morgan fingerprint density at radius 1 is 1.08 bits per heavy atom. The molecule has 2 amide bonds. The second-order valence-corrected chi connectivity index (χ2v) is 5.95. The minimum absolute atomic E-state index is 0.198. The lowest BCUT2D eigenvalue weighted by atomic mass is 10.1. The van der Waals surface area contributed by atoms with E-state index in [-0.39, 0.29) is 5.69 Å². The Hall–Kier alpha value is -1.96. The molecule has 24 heavy (non-hydrogen) atoms. The topological polar surface area (TPSA) is 44.8 Å². The highest BCUT2D eigenvalue weighted by Crippen LogP contribution is 2.37. The third-order valence-corrected chi connectivity index (χ3v) is 4.32. The molecule has 0 spiro atoms. The number of morpholine rings is 1. The molecule has 2 fully saturated rings. The summed E-state index contributed by atoms with van der Waals surface area (Å²) >= 11 is 0. The first-order valence-corrected chi connectivity index (χ1v) is 8.05. The maximum absolute atomic E-state index is 13.4. The second-order valence-electron chi connectivity index (χ2n) is 5.95. The van der Waals surface area contributed by atoms with Crippen LogP contribution in [-0.2, 0) is 10.9 Å². The highest BCUT2D eigenvalue weighted by Gasteiger charge is 2.35. The van der Waals surface area contributed by atoms with Crippen molar-refractivity contribution < 1.29 is 22.7 Å². The predicted octanol–water partition coefficient (Wildman–Crippen LogP) is 3.17. The number of nitrogens with one attached hydrogen (secondary N) is 1. The van der Waals surface area contributed by atoms with Gasteiger partial charge in [0.2, 0.25) is 0 Å².